The molecule has 0 bridgehead atoms. The van der Waals surface area contributed by atoms with Crippen molar-refractivity contribution < 1.29 is 8.42 Å². The second-order valence-corrected chi connectivity index (χ2v) is 8.34. The lowest BCUT2D eigenvalue weighted by molar-refractivity contribution is 0.370. The Morgan fingerprint density at radius 2 is 1.68 bits per heavy atom. The van der Waals surface area contributed by atoms with Crippen LogP contribution in [0.1, 0.15) is 49.1 Å². The summed E-state index contributed by atoms with van der Waals surface area (Å²) in [5, 5.41) is 14.3. The molecule has 1 aliphatic rings. The molecule has 3 rings (SSSR count). The van der Waals surface area contributed by atoms with Crippen molar-refractivity contribution in [2.75, 3.05) is 0 Å². The number of nitrogens with zero attached hydrogens (tertiary/aromatic N) is 2. The fourth-order valence-corrected chi connectivity index (χ4v) is 4.06. The molecule has 0 amide bonds. The van der Waals surface area contributed by atoms with Crippen LogP contribution in [0, 0.1) is 6.92 Å². The number of H-pyrrole nitrogens is 1. The molecule has 1 fully saturated rings. The Kier molecular flexibility index (Phi) is 5.82. The molecule has 0 spiro atoms. The van der Waals surface area contributed by atoms with Gasteiger partial charge in [-0.1, -0.05) is 37.0 Å². The SMILES string of the molecule is Cc1ccc(S(=O)(=O)NCc2n[nH]nc2CNC2CCCCC2)cc1. The number of sulfonamides is 1. The van der Waals surface area contributed by atoms with E-state index in [0.717, 1.165) is 11.3 Å². The van der Waals surface area contributed by atoms with Crippen LogP contribution < -0.4 is 10.0 Å². The van der Waals surface area contributed by atoms with E-state index >= 15 is 0 Å². The van der Waals surface area contributed by atoms with Gasteiger partial charge in [-0.05, 0) is 31.9 Å². The molecule has 1 aliphatic carbocycles. The van der Waals surface area contributed by atoms with Crippen molar-refractivity contribution >= 4 is 10.0 Å². The topological polar surface area (TPSA) is 99.8 Å². The number of aromatic amines is 1. The first-order chi connectivity index (χ1) is 12.0. The molecule has 0 atom stereocenters. The van der Waals surface area contributed by atoms with E-state index in [4.69, 9.17) is 0 Å². The normalized spacial score (nSPS) is 16.2. The molecule has 1 aromatic carbocycles. The van der Waals surface area contributed by atoms with E-state index in [9.17, 15) is 8.42 Å². The number of rotatable bonds is 7. The third kappa shape index (κ3) is 4.87. The fraction of sp³-hybridized carbons (Fsp3) is 0.529. The summed E-state index contributed by atoms with van der Waals surface area (Å²) in [6, 6.07) is 7.29. The molecule has 25 heavy (non-hydrogen) atoms. The minimum Gasteiger partial charge on any atom is -0.308 e. The molecular formula is C17H25N5O2S. The maximum absolute atomic E-state index is 12.4. The van der Waals surface area contributed by atoms with Gasteiger partial charge in [-0.25, -0.2) is 13.1 Å². The minimum absolute atomic E-state index is 0.119. The molecule has 1 heterocycles. The Morgan fingerprint density at radius 1 is 1.04 bits per heavy atom. The van der Waals surface area contributed by atoms with Crippen LogP contribution in [0.15, 0.2) is 29.2 Å². The van der Waals surface area contributed by atoms with E-state index in [1.54, 1.807) is 24.3 Å². The summed E-state index contributed by atoms with van der Waals surface area (Å²) in [5.74, 6) is 0. The van der Waals surface area contributed by atoms with Gasteiger partial charge in [0.05, 0.1) is 11.4 Å². The lowest BCUT2D eigenvalue weighted by Gasteiger charge is -2.22. The van der Waals surface area contributed by atoms with E-state index in [0.29, 0.717) is 18.3 Å². The largest absolute Gasteiger partial charge is 0.308 e. The van der Waals surface area contributed by atoms with Gasteiger partial charge in [-0.3, -0.25) is 0 Å². The van der Waals surface area contributed by atoms with Gasteiger partial charge in [0.2, 0.25) is 10.0 Å². The smallest absolute Gasteiger partial charge is 0.240 e. The molecule has 136 valence electrons. The average Bonchev–Trinajstić information content (AvgIpc) is 3.07. The molecule has 8 heteroatoms. The third-order valence-electron chi connectivity index (χ3n) is 4.63. The molecule has 1 aromatic heterocycles. The van der Waals surface area contributed by atoms with E-state index in [1.807, 2.05) is 6.92 Å². The number of aromatic nitrogens is 3. The van der Waals surface area contributed by atoms with Crippen molar-refractivity contribution in [3.63, 3.8) is 0 Å². The zero-order valence-corrected chi connectivity index (χ0v) is 15.3. The van der Waals surface area contributed by atoms with Crippen molar-refractivity contribution in [3.05, 3.63) is 41.2 Å². The van der Waals surface area contributed by atoms with Gasteiger partial charge in [0.15, 0.2) is 0 Å². The standard InChI is InChI=1S/C17H25N5O2S/c1-13-7-9-15(10-8-13)25(23,24)19-12-17-16(20-22-21-17)11-18-14-5-3-2-4-6-14/h7-10,14,18-19H,2-6,11-12H2,1H3,(H,20,21,22). The van der Waals surface area contributed by atoms with Crippen LogP contribution in [0.3, 0.4) is 0 Å². The zero-order valence-electron chi connectivity index (χ0n) is 14.5. The van der Waals surface area contributed by atoms with Gasteiger partial charge in [0.1, 0.15) is 11.4 Å². The van der Waals surface area contributed by atoms with E-state index in [1.165, 1.54) is 32.1 Å². The lowest BCUT2D eigenvalue weighted by Crippen LogP contribution is -2.31. The van der Waals surface area contributed by atoms with E-state index in [2.05, 4.69) is 25.4 Å². The van der Waals surface area contributed by atoms with Crippen molar-refractivity contribution in [1.29, 1.82) is 0 Å². The summed E-state index contributed by atoms with van der Waals surface area (Å²) in [5.41, 5.74) is 2.41. The second kappa shape index (κ2) is 8.07. The van der Waals surface area contributed by atoms with E-state index in [-0.39, 0.29) is 11.4 Å². The number of nitrogens with one attached hydrogen (secondary N) is 3. The minimum atomic E-state index is -3.56. The predicted octanol–water partition coefficient (Wildman–Crippen LogP) is 2.01. The molecule has 2 aromatic rings. The number of aryl methyl sites for hydroxylation is 1. The summed E-state index contributed by atoms with van der Waals surface area (Å²) < 4.78 is 27.3. The maximum Gasteiger partial charge on any atom is 0.240 e. The second-order valence-electron chi connectivity index (χ2n) is 6.57. The zero-order chi connectivity index (χ0) is 17.7. The summed E-state index contributed by atoms with van der Waals surface area (Å²) in [7, 11) is -3.56. The monoisotopic (exact) mass is 363 g/mol. The highest BCUT2D eigenvalue weighted by Crippen LogP contribution is 2.18. The molecular weight excluding hydrogens is 338 g/mol. The molecule has 0 unspecified atom stereocenters. The Bertz CT molecular complexity index is 780. The van der Waals surface area contributed by atoms with Gasteiger partial charge >= 0.3 is 0 Å². The average molecular weight is 363 g/mol. The lowest BCUT2D eigenvalue weighted by atomic mass is 9.95. The molecule has 7 nitrogen and oxygen atoms in total. The number of hydrogen-bond acceptors (Lipinski definition) is 5. The summed E-state index contributed by atoms with van der Waals surface area (Å²) in [4.78, 5) is 0.253. The van der Waals surface area contributed by atoms with Crippen LogP contribution >= 0.6 is 0 Å². The van der Waals surface area contributed by atoms with Crippen molar-refractivity contribution in [2.45, 2.75) is 63.1 Å². The Balaban J connectivity index is 1.58. The molecule has 3 N–H and O–H groups in total. The molecule has 0 aliphatic heterocycles. The van der Waals surface area contributed by atoms with Crippen LogP contribution in [-0.2, 0) is 23.1 Å². The Morgan fingerprint density at radius 3 is 2.36 bits per heavy atom. The highest BCUT2D eigenvalue weighted by molar-refractivity contribution is 7.89. The summed E-state index contributed by atoms with van der Waals surface area (Å²) in [6.07, 6.45) is 6.22. The predicted molar refractivity (Wildman–Crippen MR) is 95.3 cm³/mol. The first-order valence-electron chi connectivity index (χ1n) is 8.73. The van der Waals surface area contributed by atoms with Gasteiger partial charge in [0, 0.05) is 12.6 Å². The van der Waals surface area contributed by atoms with Crippen LogP contribution in [-0.4, -0.2) is 29.9 Å². The third-order valence-corrected chi connectivity index (χ3v) is 6.04. The quantitative estimate of drug-likeness (QED) is 0.699. The molecule has 1 saturated carbocycles. The first-order valence-corrected chi connectivity index (χ1v) is 10.2. The van der Waals surface area contributed by atoms with Crippen LogP contribution in [0.5, 0.6) is 0 Å². The molecule has 0 saturated heterocycles. The Hall–Kier alpha value is -1.77. The first kappa shape index (κ1) is 18.0. The highest BCUT2D eigenvalue weighted by Gasteiger charge is 2.18. The fourth-order valence-electron chi connectivity index (χ4n) is 3.07. The van der Waals surface area contributed by atoms with Crippen LogP contribution in [0.25, 0.3) is 0 Å². The van der Waals surface area contributed by atoms with Gasteiger partial charge in [-0.15, -0.1) is 0 Å². The maximum atomic E-state index is 12.4. The van der Waals surface area contributed by atoms with Crippen molar-refractivity contribution in [1.82, 2.24) is 25.4 Å². The van der Waals surface area contributed by atoms with Crippen LogP contribution in [0.4, 0.5) is 0 Å². The van der Waals surface area contributed by atoms with Crippen molar-refractivity contribution in [2.24, 2.45) is 0 Å². The van der Waals surface area contributed by atoms with Gasteiger partial charge in [-0.2, -0.15) is 15.4 Å². The van der Waals surface area contributed by atoms with Gasteiger partial charge in [0.25, 0.3) is 0 Å². The summed E-state index contributed by atoms with van der Waals surface area (Å²) >= 11 is 0. The highest BCUT2D eigenvalue weighted by atomic mass is 32.2. The summed E-state index contributed by atoms with van der Waals surface area (Å²) in [6.45, 7) is 2.64. The van der Waals surface area contributed by atoms with E-state index < -0.39 is 10.0 Å². The van der Waals surface area contributed by atoms with Crippen LogP contribution in [0.2, 0.25) is 0 Å². The number of hydrogen-bond donors (Lipinski definition) is 3. The molecule has 0 radical (unpaired) electrons. The van der Waals surface area contributed by atoms with Crippen molar-refractivity contribution in [3.8, 4) is 0 Å². The Labute approximate surface area is 148 Å². The van der Waals surface area contributed by atoms with Gasteiger partial charge < -0.3 is 5.32 Å². The number of benzene rings is 1.